The van der Waals surface area contributed by atoms with Gasteiger partial charge in [-0.25, -0.2) is 0 Å². The number of likely N-dealkylation sites (N-methyl/N-ethyl adjacent to an activating group) is 1. The van der Waals surface area contributed by atoms with Crippen molar-refractivity contribution in [1.29, 1.82) is 0 Å². The normalized spacial score (nSPS) is 20.7. The molecule has 1 aliphatic heterocycles. The Morgan fingerprint density at radius 3 is 2.70 bits per heavy atom. The summed E-state index contributed by atoms with van der Waals surface area (Å²) < 4.78 is 1.04. The van der Waals surface area contributed by atoms with Gasteiger partial charge in [-0.3, -0.25) is 9.69 Å². The number of halogens is 2. The molecule has 0 aromatic heterocycles. The van der Waals surface area contributed by atoms with E-state index in [1.54, 1.807) is 4.90 Å². The molecule has 6 heteroatoms. The van der Waals surface area contributed by atoms with Gasteiger partial charge in [-0.1, -0.05) is 48.0 Å². The molecule has 4 nitrogen and oxygen atoms in total. The Balaban J connectivity index is 0.00000264. The summed E-state index contributed by atoms with van der Waals surface area (Å²) in [5.41, 5.74) is 7.35. The van der Waals surface area contributed by atoms with Crippen LogP contribution in [-0.2, 0) is 11.3 Å². The van der Waals surface area contributed by atoms with Gasteiger partial charge in [0.2, 0.25) is 5.91 Å². The third-order valence-electron chi connectivity index (χ3n) is 4.54. The molecule has 1 aromatic rings. The molecule has 0 spiro atoms. The van der Waals surface area contributed by atoms with E-state index in [0.29, 0.717) is 13.1 Å². The summed E-state index contributed by atoms with van der Waals surface area (Å²) in [7, 11) is 1.86. The predicted molar refractivity (Wildman–Crippen MR) is 101 cm³/mol. The zero-order chi connectivity index (χ0) is 16.3. The molecule has 2 N–H and O–H groups in total. The van der Waals surface area contributed by atoms with Crippen molar-refractivity contribution >= 4 is 34.2 Å². The van der Waals surface area contributed by atoms with E-state index in [0.717, 1.165) is 29.5 Å². The van der Waals surface area contributed by atoms with Crippen LogP contribution in [0.3, 0.4) is 0 Å². The Labute approximate surface area is 153 Å². The van der Waals surface area contributed by atoms with Crippen LogP contribution in [0.25, 0.3) is 0 Å². The largest absolute Gasteiger partial charge is 0.340 e. The summed E-state index contributed by atoms with van der Waals surface area (Å²) in [4.78, 5) is 16.5. The molecule has 1 heterocycles. The lowest BCUT2D eigenvalue weighted by Gasteiger charge is -2.42. The van der Waals surface area contributed by atoms with Crippen LogP contribution in [-0.4, -0.2) is 48.4 Å². The SMILES string of the molecule is CN(Cc1ccccc1Br)C(=O)CN1CCC(N)C(C)(C)C1.Cl. The van der Waals surface area contributed by atoms with Gasteiger partial charge < -0.3 is 10.6 Å². The number of likely N-dealkylation sites (tertiary alicyclic amines) is 1. The molecular formula is C17H27BrClN3O. The zero-order valence-electron chi connectivity index (χ0n) is 14.1. The van der Waals surface area contributed by atoms with E-state index < -0.39 is 0 Å². The molecule has 2 rings (SSSR count). The maximum Gasteiger partial charge on any atom is 0.236 e. The van der Waals surface area contributed by atoms with E-state index in [2.05, 4.69) is 34.7 Å². The van der Waals surface area contributed by atoms with Crippen LogP contribution >= 0.6 is 28.3 Å². The average molecular weight is 405 g/mol. The predicted octanol–water partition coefficient (Wildman–Crippen LogP) is 2.89. The van der Waals surface area contributed by atoms with E-state index in [9.17, 15) is 4.79 Å². The standard InChI is InChI=1S/C17H26BrN3O.ClH/c1-17(2)12-21(9-8-15(17)19)11-16(22)20(3)10-13-6-4-5-7-14(13)18;/h4-7,15H,8-12,19H2,1-3H3;1H. The average Bonchev–Trinajstić information content (AvgIpc) is 2.45. The maximum atomic E-state index is 12.5. The van der Waals surface area contributed by atoms with Crippen LogP contribution in [0.15, 0.2) is 28.7 Å². The maximum absolute atomic E-state index is 12.5. The second-order valence-electron chi connectivity index (χ2n) is 6.94. The van der Waals surface area contributed by atoms with E-state index in [1.807, 2.05) is 31.3 Å². The van der Waals surface area contributed by atoms with Crippen molar-refractivity contribution < 1.29 is 4.79 Å². The Morgan fingerprint density at radius 2 is 2.09 bits per heavy atom. The van der Waals surface area contributed by atoms with Gasteiger partial charge in [0.05, 0.1) is 6.54 Å². The summed E-state index contributed by atoms with van der Waals surface area (Å²) in [5.74, 6) is 0.155. The van der Waals surface area contributed by atoms with E-state index in [1.165, 1.54) is 0 Å². The molecule has 23 heavy (non-hydrogen) atoms. The summed E-state index contributed by atoms with van der Waals surface area (Å²) >= 11 is 3.53. The fourth-order valence-corrected chi connectivity index (χ4v) is 3.31. The van der Waals surface area contributed by atoms with Crippen LogP contribution in [0, 0.1) is 5.41 Å². The number of carbonyl (C=O) groups is 1. The Kier molecular flexibility index (Phi) is 7.52. The molecule has 0 bridgehead atoms. The van der Waals surface area contributed by atoms with Crippen LogP contribution < -0.4 is 5.73 Å². The monoisotopic (exact) mass is 403 g/mol. The van der Waals surface area contributed by atoms with Crippen LogP contribution in [0.5, 0.6) is 0 Å². The summed E-state index contributed by atoms with van der Waals surface area (Å²) in [6.07, 6.45) is 0.953. The number of hydrogen-bond acceptors (Lipinski definition) is 3. The molecule has 1 saturated heterocycles. The molecule has 1 amide bonds. The molecule has 1 atom stereocenters. The molecule has 1 aromatic carbocycles. The topological polar surface area (TPSA) is 49.6 Å². The van der Waals surface area contributed by atoms with Gasteiger partial charge in [-0.05, 0) is 23.5 Å². The Hall–Kier alpha value is -0.620. The van der Waals surface area contributed by atoms with Crippen molar-refractivity contribution in [3.63, 3.8) is 0 Å². The van der Waals surface area contributed by atoms with Crippen molar-refractivity contribution in [1.82, 2.24) is 9.80 Å². The molecule has 1 aliphatic rings. The number of carbonyl (C=O) groups excluding carboxylic acids is 1. The van der Waals surface area contributed by atoms with Gasteiger partial charge in [0.15, 0.2) is 0 Å². The second-order valence-corrected chi connectivity index (χ2v) is 7.79. The van der Waals surface area contributed by atoms with Crippen LogP contribution in [0.4, 0.5) is 0 Å². The van der Waals surface area contributed by atoms with Gasteiger partial charge in [-0.15, -0.1) is 12.4 Å². The first kappa shape index (κ1) is 20.4. The van der Waals surface area contributed by atoms with Gasteiger partial charge in [0, 0.05) is 37.2 Å². The third kappa shape index (κ3) is 5.45. The zero-order valence-corrected chi connectivity index (χ0v) is 16.5. The quantitative estimate of drug-likeness (QED) is 0.839. The fourth-order valence-electron chi connectivity index (χ4n) is 2.90. The van der Waals surface area contributed by atoms with E-state index >= 15 is 0 Å². The van der Waals surface area contributed by atoms with Gasteiger partial charge >= 0.3 is 0 Å². The molecule has 0 radical (unpaired) electrons. The van der Waals surface area contributed by atoms with Crippen molar-refractivity contribution in [2.75, 3.05) is 26.7 Å². The van der Waals surface area contributed by atoms with Crippen LogP contribution in [0.1, 0.15) is 25.8 Å². The first-order valence-corrected chi connectivity index (χ1v) is 8.54. The second kappa shape index (κ2) is 8.47. The first-order chi connectivity index (χ1) is 10.3. The highest BCUT2D eigenvalue weighted by molar-refractivity contribution is 9.10. The van der Waals surface area contributed by atoms with Gasteiger partial charge in [-0.2, -0.15) is 0 Å². The highest BCUT2D eigenvalue weighted by Crippen LogP contribution is 2.27. The summed E-state index contributed by atoms with van der Waals surface area (Å²) in [6.45, 7) is 7.23. The number of amides is 1. The van der Waals surface area contributed by atoms with Crippen molar-refractivity contribution in [2.45, 2.75) is 32.9 Å². The molecule has 1 unspecified atom stereocenters. The van der Waals surface area contributed by atoms with Crippen molar-refractivity contribution in [3.05, 3.63) is 34.3 Å². The Bertz CT molecular complexity index is 538. The smallest absolute Gasteiger partial charge is 0.236 e. The highest BCUT2D eigenvalue weighted by Gasteiger charge is 2.34. The van der Waals surface area contributed by atoms with E-state index in [-0.39, 0.29) is 29.8 Å². The van der Waals surface area contributed by atoms with Crippen LogP contribution in [0.2, 0.25) is 0 Å². The number of nitrogens with two attached hydrogens (primary N) is 1. The minimum absolute atomic E-state index is 0. The minimum atomic E-state index is 0. The Morgan fingerprint density at radius 1 is 1.43 bits per heavy atom. The van der Waals surface area contributed by atoms with Crippen molar-refractivity contribution in [2.24, 2.45) is 11.1 Å². The molecular weight excluding hydrogens is 378 g/mol. The van der Waals surface area contributed by atoms with Gasteiger partial charge in [0.1, 0.15) is 0 Å². The van der Waals surface area contributed by atoms with Gasteiger partial charge in [0.25, 0.3) is 0 Å². The fraction of sp³-hybridized carbons (Fsp3) is 0.588. The third-order valence-corrected chi connectivity index (χ3v) is 5.31. The number of benzene rings is 1. The number of nitrogens with zero attached hydrogens (tertiary/aromatic N) is 2. The lowest BCUT2D eigenvalue weighted by atomic mass is 9.80. The lowest BCUT2D eigenvalue weighted by Crippen LogP contribution is -2.54. The molecule has 1 fully saturated rings. The molecule has 130 valence electrons. The highest BCUT2D eigenvalue weighted by atomic mass is 79.9. The number of piperidine rings is 1. The van der Waals surface area contributed by atoms with E-state index in [4.69, 9.17) is 5.73 Å². The number of rotatable bonds is 4. The summed E-state index contributed by atoms with van der Waals surface area (Å²) in [6, 6.07) is 8.23. The molecule has 0 saturated carbocycles. The minimum Gasteiger partial charge on any atom is -0.340 e. The molecule has 0 aliphatic carbocycles. The number of hydrogen-bond donors (Lipinski definition) is 1. The lowest BCUT2D eigenvalue weighted by molar-refractivity contribution is -0.132. The first-order valence-electron chi connectivity index (χ1n) is 7.75. The van der Waals surface area contributed by atoms with Crippen molar-refractivity contribution in [3.8, 4) is 0 Å². The summed E-state index contributed by atoms with van der Waals surface area (Å²) in [5, 5.41) is 0.